The first kappa shape index (κ1) is 12.2. The maximum atomic E-state index is 5.99. The van der Waals surface area contributed by atoms with Crippen LogP contribution in [0.5, 0.6) is 5.75 Å². The Hall–Kier alpha value is -1.22. The topological polar surface area (TPSA) is 24.5 Å². The van der Waals surface area contributed by atoms with Crippen molar-refractivity contribution in [3.05, 3.63) is 24.3 Å². The zero-order valence-electron chi connectivity index (χ0n) is 10.8. The van der Waals surface area contributed by atoms with E-state index < -0.39 is 0 Å². The number of ether oxygens (including phenoxy) is 1. The number of hydrogen-bond donors (Lipinski definition) is 1. The van der Waals surface area contributed by atoms with Crippen LogP contribution in [0.4, 0.5) is 5.69 Å². The highest BCUT2D eigenvalue weighted by molar-refractivity contribution is 5.58. The Morgan fingerprint density at radius 1 is 1.29 bits per heavy atom. The van der Waals surface area contributed by atoms with Gasteiger partial charge in [-0.2, -0.15) is 0 Å². The second kappa shape index (κ2) is 5.92. The molecule has 0 radical (unpaired) electrons. The van der Waals surface area contributed by atoms with Gasteiger partial charge in [-0.1, -0.05) is 19.1 Å². The van der Waals surface area contributed by atoms with Crippen LogP contribution in [-0.2, 0) is 0 Å². The summed E-state index contributed by atoms with van der Waals surface area (Å²) >= 11 is 0. The summed E-state index contributed by atoms with van der Waals surface area (Å²) in [5, 5.41) is 3.37. The van der Waals surface area contributed by atoms with Crippen LogP contribution in [0.1, 0.15) is 20.3 Å². The van der Waals surface area contributed by atoms with E-state index in [2.05, 4.69) is 42.3 Å². The van der Waals surface area contributed by atoms with Gasteiger partial charge in [0.2, 0.25) is 0 Å². The molecule has 17 heavy (non-hydrogen) atoms. The van der Waals surface area contributed by atoms with Crippen molar-refractivity contribution in [3.8, 4) is 5.75 Å². The molecule has 3 heteroatoms. The molecule has 1 aromatic carbocycles. The molecular weight excluding hydrogens is 212 g/mol. The molecule has 0 bridgehead atoms. The summed E-state index contributed by atoms with van der Waals surface area (Å²) in [6, 6.07) is 8.36. The standard InChI is InChI=1S/C14H22N2O/c1-3-12(2)17-14-7-5-4-6-13(14)16-10-8-15-9-11-16/h4-7,12,15H,3,8-11H2,1-2H3/t12-/m1/s1. The number of hydrogen-bond acceptors (Lipinski definition) is 3. The summed E-state index contributed by atoms with van der Waals surface area (Å²) in [5.41, 5.74) is 1.23. The summed E-state index contributed by atoms with van der Waals surface area (Å²) in [5.74, 6) is 1.02. The summed E-state index contributed by atoms with van der Waals surface area (Å²) in [6.07, 6.45) is 1.31. The number of benzene rings is 1. The Kier molecular flexibility index (Phi) is 4.26. The molecule has 0 aromatic heterocycles. The minimum Gasteiger partial charge on any atom is -0.489 e. The monoisotopic (exact) mass is 234 g/mol. The molecule has 1 atom stereocenters. The molecule has 1 heterocycles. The minimum atomic E-state index is 0.277. The molecule has 0 amide bonds. The van der Waals surface area contributed by atoms with Gasteiger partial charge in [0.05, 0.1) is 11.8 Å². The summed E-state index contributed by atoms with van der Waals surface area (Å²) in [7, 11) is 0. The molecule has 1 aliphatic rings. The van der Waals surface area contributed by atoms with E-state index in [0.717, 1.165) is 38.3 Å². The highest BCUT2D eigenvalue weighted by Crippen LogP contribution is 2.29. The lowest BCUT2D eigenvalue weighted by Crippen LogP contribution is -2.43. The Bertz CT molecular complexity index is 348. The number of nitrogens with zero attached hydrogens (tertiary/aromatic N) is 1. The Morgan fingerprint density at radius 2 is 2.00 bits per heavy atom. The third-order valence-electron chi connectivity index (χ3n) is 3.23. The molecule has 2 rings (SSSR count). The van der Waals surface area contributed by atoms with Crippen LogP contribution in [0.2, 0.25) is 0 Å². The van der Waals surface area contributed by atoms with Crippen molar-refractivity contribution >= 4 is 5.69 Å². The van der Waals surface area contributed by atoms with Crippen molar-refractivity contribution < 1.29 is 4.74 Å². The van der Waals surface area contributed by atoms with E-state index in [1.165, 1.54) is 5.69 Å². The zero-order chi connectivity index (χ0) is 12.1. The van der Waals surface area contributed by atoms with E-state index in [9.17, 15) is 0 Å². The van der Waals surface area contributed by atoms with Crippen LogP contribution < -0.4 is 15.0 Å². The quantitative estimate of drug-likeness (QED) is 0.865. The van der Waals surface area contributed by atoms with Crippen LogP contribution in [0.15, 0.2) is 24.3 Å². The van der Waals surface area contributed by atoms with E-state index >= 15 is 0 Å². The molecule has 1 saturated heterocycles. The lowest BCUT2D eigenvalue weighted by atomic mass is 10.2. The third kappa shape index (κ3) is 3.13. The van der Waals surface area contributed by atoms with Crippen molar-refractivity contribution in [1.82, 2.24) is 5.32 Å². The van der Waals surface area contributed by atoms with Crippen LogP contribution in [0.25, 0.3) is 0 Å². The van der Waals surface area contributed by atoms with E-state index in [0.29, 0.717) is 0 Å². The summed E-state index contributed by atoms with van der Waals surface area (Å²) in [6.45, 7) is 8.49. The molecule has 1 fully saturated rings. The Balaban J connectivity index is 2.14. The Morgan fingerprint density at radius 3 is 2.71 bits per heavy atom. The van der Waals surface area contributed by atoms with Gasteiger partial charge >= 0.3 is 0 Å². The molecular formula is C14H22N2O. The van der Waals surface area contributed by atoms with Crippen molar-refractivity contribution in [1.29, 1.82) is 0 Å². The first-order valence-corrected chi connectivity index (χ1v) is 6.52. The maximum absolute atomic E-state index is 5.99. The van der Waals surface area contributed by atoms with Gasteiger partial charge < -0.3 is 15.0 Å². The molecule has 1 aromatic rings. The van der Waals surface area contributed by atoms with Gasteiger partial charge in [-0.15, -0.1) is 0 Å². The van der Waals surface area contributed by atoms with Crippen molar-refractivity contribution in [2.75, 3.05) is 31.1 Å². The predicted molar refractivity (Wildman–Crippen MR) is 71.9 cm³/mol. The van der Waals surface area contributed by atoms with Crippen molar-refractivity contribution in [2.45, 2.75) is 26.4 Å². The lowest BCUT2D eigenvalue weighted by molar-refractivity contribution is 0.218. The van der Waals surface area contributed by atoms with Gasteiger partial charge in [0.15, 0.2) is 0 Å². The first-order chi connectivity index (χ1) is 8.31. The van der Waals surface area contributed by atoms with E-state index in [1.54, 1.807) is 0 Å². The van der Waals surface area contributed by atoms with E-state index in [-0.39, 0.29) is 6.10 Å². The highest BCUT2D eigenvalue weighted by atomic mass is 16.5. The maximum Gasteiger partial charge on any atom is 0.142 e. The fourth-order valence-electron chi connectivity index (χ4n) is 2.02. The van der Waals surface area contributed by atoms with Gasteiger partial charge in [-0.05, 0) is 25.5 Å². The molecule has 1 aliphatic heterocycles. The van der Waals surface area contributed by atoms with Crippen molar-refractivity contribution in [2.24, 2.45) is 0 Å². The molecule has 94 valence electrons. The number of para-hydroxylation sites is 2. The molecule has 0 unspecified atom stereocenters. The smallest absolute Gasteiger partial charge is 0.142 e. The molecule has 1 N–H and O–H groups in total. The molecule has 3 nitrogen and oxygen atoms in total. The van der Waals surface area contributed by atoms with Crippen molar-refractivity contribution in [3.63, 3.8) is 0 Å². The van der Waals surface area contributed by atoms with Gasteiger partial charge in [-0.3, -0.25) is 0 Å². The van der Waals surface area contributed by atoms with Gasteiger partial charge in [-0.25, -0.2) is 0 Å². The SMILES string of the molecule is CC[C@@H](C)Oc1ccccc1N1CCNCC1. The fraction of sp³-hybridized carbons (Fsp3) is 0.571. The third-order valence-corrected chi connectivity index (χ3v) is 3.23. The second-order valence-electron chi connectivity index (χ2n) is 4.54. The number of anilines is 1. The van der Waals surface area contributed by atoms with Crippen LogP contribution >= 0.6 is 0 Å². The van der Waals surface area contributed by atoms with Gasteiger partial charge in [0.25, 0.3) is 0 Å². The Labute approximate surface area is 104 Å². The normalized spacial score (nSPS) is 17.9. The summed E-state index contributed by atoms with van der Waals surface area (Å²) < 4.78 is 5.99. The molecule has 0 saturated carbocycles. The van der Waals surface area contributed by atoms with E-state index in [4.69, 9.17) is 4.74 Å². The summed E-state index contributed by atoms with van der Waals surface area (Å²) in [4.78, 5) is 2.40. The lowest BCUT2D eigenvalue weighted by Gasteiger charge is -2.31. The van der Waals surface area contributed by atoms with Crippen LogP contribution in [0, 0.1) is 0 Å². The second-order valence-corrected chi connectivity index (χ2v) is 4.54. The molecule has 0 aliphatic carbocycles. The number of rotatable bonds is 4. The largest absolute Gasteiger partial charge is 0.489 e. The average Bonchev–Trinajstić information content (AvgIpc) is 2.40. The minimum absolute atomic E-state index is 0.277. The molecule has 0 spiro atoms. The van der Waals surface area contributed by atoms with E-state index in [1.807, 2.05) is 6.07 Å². The van der Waals surface area contributed by atoms with Crippen LogP contribution in [0.3, 0.4) is 0 Å². The fourth-order valence-corrected chi connectivity index (χ4v) is 2.02. The zero-order valence-corrected chi connectivity index (χ0v) is 10.8. The van der Waals surface area contributed by atoms with Gasteiger partial charge in [0, 0.05) is 26.2 Å². The number of piperazine rings is 1. The average molecular weight is 234 g/mol. The highest BCUT2D eigenvalue weighted by Gasteiger charge is 2.15. The predicted octanol–water partition coefficient (Wildman–Crippen LogP) is 2.27. The van der Waals surface area contributed by atoms with Gasteiger partial charge in [0.1, 0.15) is 5.75 Å². The number of nitrogens with one attached hydrogen (secondary N) is 1. The van der Waals surface area contributed by atoms with Crippen LogP contribution in [-0.4, -0.2) is 32.3 Å². The first-order valence-electron chi connectivity index (χ1n) is 6.52.